The van der Waals surface area contributed by atoms with E-state index >= 15 is 0 Å². The van der Waals surface area contributed by atoms with Crippen LogP contribution in [0.2, 0.25) is 0 Å². The number of anilines is 1. The van der Waals surface area contributed by atoms with Gasteiger partial charge in [0.1, 0.15) is 11.5 Å². The van der Waals surface area contributed by atoms with Gasteiger partial charge in [0.2, 0.25) is 0 Å². The highest BCUT2D eigenvalue weighted by Gasteiger charge is 2.43. The number of alkyl halides is 5. The molecule has 0 saturated heterocycles. The summed E-state index contributed by atoms with van der Waals surface area (Å²) in [5.41, 5.74) is -1.93. The number of rotatable bonds is 5. The number of halogens is 6. The lowest BCUT2D eigenvalue weighted by Gasteiger charge is -2.16. The van der Waals surface area contributed by atoms with Gasteiger partial charge in [-0.25, -0.2) is 9.18 Å². The standard InChI is InChI=1S/C20H12Cl2F4N2O4/c1-31-18(30)19(21,22)17(29)27-11-5-2-4-10(8-11)15-9-14(28-32-15)16-12(20(24,25)26)6-3-7-13(16)23/h2-9H,1H3,(H,27,29). The van der Waals surface area contributed by atoms with E-state index < -0.39 is 39.3 Å². The van der Waals surface area contributed by atoms with Crippen LogP contribution in [-0.2, 0) is 20.5 Å². The molecule has 1 heterocycles. The number of nitrogens with one attached hydrogen (secondary N) is 1. The van der Waals surface area contributed by atoms with Gasteiger partial charge in [-0.2, -0.15) is 13.2 Å². The molecule has 3 aromatic rings. The third kappa shape index (κ3) is 4.71. The molecule has 0 unspecified atom stereocenters. The van der Waals surface area contributed by atoms with Crippen LogP contribution in [0.5, 0.6) is 0 Å². The number of carbonyl (C=O) groups is 2. The van der Waals surface area contributed by atoms with E-state index in [-0.39, 0.29) is 22.7 Å². The first kappa shape index (κ1) is 23.6. The normalized spacial score (nSPS) is 11.8. The second-order valence-electron chi connectivity index (χ2n) is 6.34. The highest BCUT2D eigenvalue weighted by atomic mass is 35.5. The van der Waals surface area contributed by atoms with E-state index in [0.717, 1.165) is 31.4 Å². The molecule has 0 aliphatic rings. The van der Waals surface area contributed by atoms with Gasteiger partial charge in [0.15, 0.2) is 5.76 Å². The number of methoxy groups -OCH3 is 1. The molecule has 168 valence electrons. The lowest BCUT2D eigenvalue weighted by molar-refractivity contribution is -0.144. The molecule has 32 heavy (non-hydrogen) atoms. The second kappa shape index (κ2) is 8.79. The third-order valence-electron chi connectivity index (χ3n) is 4.22. The van der Waals surface area contributed by atoms with Gasteiger partial charge < -0.3 is 14.6 Å². The van der Waals surface area contributed by atoms with Crippen LogP contribution < -0.4 is 5.32 Å². The smallest absolute Gasteiger partial charge is 0.417 e. The summed E-state index contributed by atoms with van der Waals surface area (Å²) in [5.74, 6) is -3.42. The number of ether oxygens (including phenoxy) is 1. The van der Waals surface area contributed by atoms with Gasteiger partial charge in [-0.3, -0.25) is 4.79 Å². The molecule has 0 atom stereocenters. The quantitative estimate of drug-likeness (QED) is 0.222. The fourth-order valence-electron chi connectivity index (χ4n) is 2.73. The lowest BCUT2D eigenvalue weighted by Crippen LogP contribution is -2.40. The molecule has 12 heteroatoms. The minimum absolute atomic E-state index is 0.0107. The zero-order chi connectivity index (χ0) is 23.7. The Morgan fingerprint density at radius 2 is 1.78 bits per heavy atom. The van der Waals surface area contributed by atoms with E-state index in [1.165, 1.54) is 24.3 Å². The average Bonchev–Trinajstić information content (AvgIpc) is 3.22. The first-order valence-corrected chi connectivity index (χ1v) is 9.41. The minimum atomic E-state index is -4.81. The van der Waals surface area contributed by atoms with E-state index in [0.29, 0.717) is 0 Å². The number of carbonyl (C=O) groups excluding carboxylic acids is 2. The van der Waals surface area contributed by atoms with Crippen molar-refractivity contribution in [1.29, 1.82) is 0 Å². The first-order valence-electron chi connectivity index (χ1n) is 8.66. The van der Waals surface area contributed by atoms with Crippen molar-refractivity contribution in [2.75, 3.05) is 12.4 Å². The minimum Gasteiger partial charge on any atom is -0.466 e. The molecule has 0 radical (unpaired) electrons. The van der Waals surface area contributed by atoms with Gasteiger partial charge in [-0.15, -0.1) is 0 Å². The molecule has 1 amide bonds. The van der Waals surface area contributed by atoms with E-state index in [1.54, 1.807) is 0 Å². The Bertz CT molecular complexity index is 1180. The van der Waals surface area contributed by atoms with Crippen molar-refractivity contribution >= 4 is 40.8 Å². The molecule has 0 bridgehead atoms. The third-order valence-corrected chi connectivity index (χ3v) is 4.87. The summed E-state index contributed by atoms with van der Waals surface area (Å²) in [6.45, 7) is 0. The van der Waals surface area contributed by atoms with Crippen LogP contribution >= 0.6 is 23.2 Å². The number of hydrogen-bond donors (Lipinski definition) is 1. The highest BCUT2D eigenvalue weighted by molar-refractivity contribution is 6.67. The Balaban J connectivity index is 1.92. The maximum absolute atomic E-state index is 14.2. The molecule has 1 aromatic heterocycles. The summed E-state index contributed by atoms with van der Waals surface area (Å²) in [6.07, 6.45) is -4.81. The number of nitrogens with zero attached hydrogens (tertiary/aromatic N) is 1. The van der Waals surface area contributed by atoms with Crippen LogP contribution in [0.1, 0.15) is 5.56 Å². The Kier molecular flexibility index (Phi) is 6.47. The Morgan fingerprint density at radius 3 is 2.44 bits per heavy atom. The van der Waals surface area contributed by atoms with Gasteiger partial charge in [0, 0.05) is 17.3 Å². The summed E-state index contributed by atoms with van der Waals surface area (Å²) in [6, 6.07) is 9.43. The van der Waals surface area contributed by atoms with Crippen molar-refractivity contribution in [1.82, 2.24) is 5.16 Å². The van der Waals surface area contributed by atoms with Crippen molar-refractivity contribution in [2.24, 2.45) is 0 Å². The topological polar surface area (TPSA) is 81.4 Å². The largest absolute Gasteiger partial charge is 0.466 e. The van der Waals surface area contributed by atoms with E-state index in [2.05, 4.69) is 15.2 Å². The van der Waals surface area contributed by atoms with Crippen molar-refractivity contribution in [3.05, 3.63) is 59.9 Å². The summed E-state index contributed by atoms with van der Waals surface area (Å²) in [4.78, 5) is 23.7. The van der Waals surface area contributed by atoms with E-state index in [4.69, 9.17) is 27.7 Å². The maximum Gasteiger partial charge on any atom is 0.417 e. The van der Waals surface area contributed by atoms with Gasteiger partial charge in [0.05, 0.1) is 18.2 Å². The van der Waals surface area contributed by atoms with Crippen LogP contribution in [0.4, 0.5) is 23.2 Å². The van der Waals surface area contributed by atoms with Crippen LogP contribution in [0.3, 0.4) is 0 Å². The molecular weight excluding hydrogens is 479 g/mol. The fourth-order valence-corrected chi connectivity index (χ4v) is 2.98. The van der Waals surface area contributed by atoms with Crippen molar-refractivity contribution < 1.29 is 36.4 Å². The second-order valence-corrected chi connectivity index (χ2v) is 7.66. The maximum atomic E-state index is 14.2. The number of hydrogen-bond acceptors (Lipinski definition) is 5. The molecule has 0 aliphatic carbocycles. The molecule has 2 aromatic carbocycles. The Hall–Kier alpha value is -3.11. The SMILES string of the molecule is COC(=O)C(Cl)(Cl)C(=O)Nc1cccc(-c2cc(-c3c(F)cccc3C(F)(F)F)no2)c1. The zero-order valence-corrected chi connectivity index (χ0v) is 17.5. The molecule has 0 spiro atoms. The van der Waals surface area contributed by atoms with Gasteiger partial charge in [-0.1, -0.05) is 46.6 Å². The van der Waals surface area contributed by atoms with Gasteiger partial charge >= 0.3 is 12.1 Å². The summed E-state index contributed by atoms with van der Waals surface area (Å²) in [7, 11) is 0.997. The molecular formula is C20H12Cl2F4N2O4. The predicted molar refractivity (Wildman–Crippen MR) is 107 cm³/mol. The first-order chi connectivity index (χ1) is 14.9. The van der Waals surface area contributed by atoms with Crippen molar-refractivity contribution in [3.8, 4) is 22.6 Å². The predicted octanol–water partition coefficient (Wildman–Crippen LogP) is 5.45. The summed E-state index contributed by atoms with van der Waals surface area (Å²) in [5, 5.41) is 5.87. The summed E-state index contributed by atoms with van der Waals surface area (Å²) >= 11 is 11.4. The molecule has 0 saturated carbocycles. The summed E-state index contributed by atoms with van der Waals surface area (Å²) < 4.78 is 61.0. The zero-order valence-electron chi connectivity index (χ0n) is 16.0. The van der Waals surface area contributed by atoms with Crippen molar-refractivity contribution in [2.45, 2.75) is 10.5 Å². The molecule has 0 fully saturated rings. The molecule has 3 rings (SSSR count). The molecule has 0 aliphatic heterocycles. The van der Waals surface area contributed by atoms with Gasteiger partial charge in [0.25, 0.3) is 10.2 Å². The number of benzene rings is 2. The van der Waals surface area contributed by atoms with Crippen LogP contribution in [0, 0.1) is 5.82 Å². The van der Waals surface area contributed by atoms with Crippen LogP contribution in [0.25, 0.3) is 22.6 Å². The van der Waals surface area contributed by atoms with Crippen LogP contribution in [0.15, 0.2) is 53.1 Å². The molecule has 6 nitrogen and oxygen atoms in total. The number of aromatic nitrogens is 1. The van der Waals surface area contributed by atoms with Crippen LogP contribution in [-0.4, -0.2) is 28.5 Å². The lowest BCUT2D eigenvalue weighted by atomic mass is 10.0. The van der Waals surface area contributed by atoms with Gasteiger partial charge in [-0.05, 0) is 24.3 Å². The average molecular weight is 491 g/mol. The Morgan fingerprint density at radius 1 is 1.09 bits per heavy atom. The highest BCUT2D eigenvalue weighted by Crippen LogP contribution is 2.39. The van der Waals surface area contributed by atoms with Crippen molar-refractivity contribution in [3.63, 3.8) is 0 Å². The number of esters is 1. The monoisotopic (exact) mass is 490 g/mol. The fraction of sp³-hybridized carbons (Fsp3) is 0.150. The molecule has 1 N–H and O–H groups in total. The number of amides is 1. The van der Waals surface area contributed by atoms with E-state index in [1.807, 2.05) is 0 Å². The van der Waals surface area contributed by atoms with E-state index in [9.17, 15) is 27.2 Å². The Labute approximate surface area is 188 Å².